The molecule has 0 bridgehead atoms. The summed E-state index contributed by atoms with van der Waals surface area (Å²) < 4.78 is 27.8. The number of aromatic nitrogens is 2. The van der Waals surface area contributed by atoms with Crippen LogP contribution in [0.3, 0.4) is 0 Å². The average Bonchev–Trinajstić information content (AvgIpc) is 2.89. The molecule has 0 saturated heterocycles. The van der Waals surface area contributed by atoms with Gasteiger partial charge in [0.2, 0.25) is 5.91 Å². The van der Waals surface area contributed by atoms with Gasteiger partial charge in [0, 0.05) is 18.8 Å². The Hall–Kier alpha value is -2.28. The van der Waals surface area contributed by atoms with Gasteiger partial charge < -0.3 is 10.6 Å². The summed E-state index contributed by atoms with van der Waals surface area (Å²) >= 11 is 0. The lowest BCUT2D eigenvalue weighted by molar-refractivity contribution is -0.123. The zero-order chi connectivity index (χ0) is 16.3. The van der Waals surface area contributed by atoms with E-state index in [0.717, 1.165) is 17.7 Å². The highest BCUT2D eigenvalue weighted by atomic mass is 19.2. The van der Waals surface area contributed by atoms with Crippen molar-refractivity contribution in [1.29, 1.82) is 0 Å². The van der Waals surface area contributed by atoms with Crippen molar-refractivity contribution in [2.45, 2.75) is 19.0 Å². The maximum atomic E-state index is 13.3. The molecule has 0 aliphatic carbocycles. The van der Waals surface area contributed by atoms with Crippen LogP contribution in [-0.2, 0) is 11.8 Å². The number of carbonyl (C=O) groups excluding carboxylic acids is 1. The van der Waals surface area contributed by atoms with Crippen molar-refractivity contribution in [2.75, 3.05) is 7.05 Å². The first-order chi connectivity index (χ1) is 10.4. The number of rotatable bonds is 5. The zero-order valence-electron chi connectivity index (χ0n) is 12.6. The van der Waals surface area contributed by atoms with E-state index in [2.05, 4.69) is 15.7 Å². The molecule has 0 aliphatic rings. The second kappa shape index (κ2) is 6.65. The number of aryl methyl sites for hydroxylation is 1. The minimum atomic E-state index is -0.934. The van der Waals surface area contributed by atoms with Crippen molar-refractivity contribution in [3.05, 3.63) is 53.4 Å². The third kappa shape index (κ3) is 3.48. The van der Waals surface area contributed by atoms with Gasteiger partial charge in [0.05, 0.1) is 12.2 Å². The van der Waals surface area contributed by atoms with E-state index in [1.54, 1.807) is 38.1 Å². The number of halogens is 2. The quantitative estimate of drug-likeness (QED) is 0.886. The van der Waals surface area contributed by atoms with Crippen LogP contribution in [-0.4, -0.2) is 22.7 Å². The predicted molar refractivity (Wildman–Crippen MR) is 77.9 cm³/mol. The Morgan fingerprint density at radius 2 is 2.00 bits per heavy atom. The first-order valence-corrected chi connectivity index (χ1v) is 6.83. The fraction of sp³-hybridized carbons (Fsp3) is 0.333. The zero-order valence-corrected chi connectivity index (χ0v) is 12.6. The molecule has 0 fully saturated rings. The molecule has 5 nitrogen and oxygen atoms in total. The molecule has 7 heteroatoms. The summed E-state index contributed by atoms with van der Waals surface area (Å²) in [5.74, 6) is -2.12. The molecule has 0 spiro atoms. The van der Waals surface area contributed by atoms with E-state index >= 15 is 0 Å². The largest absolute Gasteiger partial charge is 0.348 e. The van der Waals surface area contributed by atoms with Crippen molar-refractivity contribution in [3.63, 3.8) is 0 Å². The van der Waals surface area contributed by atoms with Crippen molar-refractivity contribution in [1.82, 2.24) is 20.4 Å². The minimum Gasteiger partial charge on any atom is -0.348 e. The maximum absolute atomic E-state index is 13.3. The smallest absolute Gasteiger partial charge is 0.242 e. The van der Waals surface area contributed by atoms with Gasteiger partial charge in [-0.25, -0.2) is 8.78 Å². The van der Waals surface area contributed by atoms with Crippen LogP contribution in [0.15, 0.2) is 30.6 Å². The fourth-order valence-electron chi connectivity index (χ4n) is 2.20. The second-order valence-corrected chi connectivity index (χ2v) is 5.07. The van der Waals surface area contributed by atoms with E-state index in [-0.39, 0.29) is 5.91 Å². The number of hydrogen-bond donors (Lipinski definition) is 2. The van der Waals surface area contributed by atoms with E-state index in [1.807, 2.05) is 0 Å². The van der Waals surface area contributed by atoms with Gasteiger partial charge >= 0.3 is 0 Å². The molecule has 0 radical (unpaired) electrons. The van der Waals surface area contributed by atoms with Crippen LogP contribution in [0.1, 0.15) is 30.1 Å². The lowest BCUT2D eigenvalue weighted by Gasteiger charge is -2.19. The lowest BCUT2D eigenvalue weighted by atomic mass is 10.1. The van der Waals surface area contributed by atoms with Gasteiger partial charge in [-0.15, -0.1) is 0 Å². The molecule has 2 rings (SSSR count). The van der Waals surface area contributed by atoms with Gasteiger partial charge in [-0.2, -0.15) is 5.10 Å². The summed E-state index contributed by atoms with van der Waals surface area (Å²) in [5, 5.41) is 9.72. The summed E-state index contributed by atoms with van der Waals surface area (Å²) in [5.41, 5.74) is 1.22. The van der Waals surface area contributed by atoms with Crippen LogP contribution in [0.4, 0.5) is 8.78 Å². The molecular formula is C15H18F2N4O. The Morgan fingerprint density at radius 1 is 1.27 bits per heavy atom. The molecule has 0 aliphatic heterocycles. The first-order valence-electron chi connectivity index (χ1n) is 6.83. The van der Waals surface area contributed by atoms with Crippen LogP contribution >= 0.6 is 0 Å². The number of amides is 1. The number of likely N-dealkylation sites (N-methyl/N-ethyl adjacent to an activating group) is 1. The molecule has 2 N–H and O–H groups in total. The van der Waals surface area contributed by atoms with Crippen LogP contribution in [0, 0.1) is 11.6 Å². The summed E-state index contributed by atoms with van der Waals surface area (Å²) in [4.78, 5) is 12.3. The van der Waals surface area contributed by atoms with E-state index in [9.17, 15) is 13.6 Å². The monoisotopic (exact) mass is 308 g/mol. The van der Waals surface area contributed by atoms with Crippen molar-refractivity contribution in [3.8, 4) is 0 Å². The maximum Gasteiger partial charge on any atom is 0.242 e. The van der Waals surface area contributed by atoms with Crippen molar-refractivity contribution < 1.29 is 13.6 Å². The molecule has 22 heavy (non-hydrogen) atoms. The predicted octanol–water partition coefficient (Wildman–Crippen LogP) is 1.84. The lowest BCUT2D eigenvalue weighted by Crippen LogP contribution is -2.37. The van der Waals surface area contributed by atoms with Crippen LogP contribution in [0.2, 0.25) is 0 Å². The standard InChI is InChI=1S/C15H18F2N4O/c1-9(10-4-5-12(16)13(17)6-10)20-15(22)14(18-2)11-7-19-21(3)8-11/h4-9,14,18H,1-3H3,(H,20,22). The molecular weight excluding hydrogens is 290 g/mol. The summed E-state index contributed by atoms with van der Waals surface area (Å²) in [7, 11) is 3.43. The Bertz CT molecular complexity index is 671. The van der Waals surface area contributed by atoms with Gasteiger partial charge in [0.15, 0.2) is 11.6 Å². The summed E-state index contributed by atoms with van der Waals surface area (Å²) in [6.45, 7) is 1.71. The van der Waals surface area contributed by atoms with Gasteiger partial charge in [-0.05, 0) is 31.7 Å². The molecule has 1 aromatic carbocycles. The Labute approximate surface area is 127 Å². The number of nitrogens with one attached hydrogen (secondary N) is 2. The van der Waals surface area contributed by atoms with Gasteiger partial charge in [-0.3, -0.25) is 9.48 Å². The van der Waals surface area contributed by atoms with Crippen molar-refractivity contribution >= 4 is 5.91 Å². The SMILES string of the molecule is CNC(C(=O)NC(C)c1ccc(F)c(F)c1)c1cnn(C)c1. The van der Waals surface area contributed by atoms with Crippen LogP contribution in [0.5, 0.6) is 0 Å². The normalized spacial score (nSPS) is 13.7. The third-order valence-corrected chi connectivity index (χ3v) is 3.41. The molecule has 1 amide bonds. The van der Waals surface area contributed by atoms with Gasteiger partial charge in [0.1, 0.15) is 6.04 Å². The molecule has 2 atom stereocenters. The second-order valence-electron chi connectivity index (χ2n) is 5.07. The Kier molecular flexibility index (Phi) is 4.87. The van der Waals surface area contributed by atoms with Crippen LogP contribution < -0.4 is 10.6 Å². The summed E-state index contributed by atoms with van der Waals surface area (Å²) in [6, 6.07) is 2.56. The number of hydrogen-bond acceptors (Lipinski definition) is 3. The molecule has 0 saturated carbocycles. The Balaban J connectivity index is 2.10. The molecule has 2 unspecified atom stereocenters. The minimum absolute atomic E-state index is 0.271. The molecule has 1 aromatic heterocycles. The number of carbonyl (C=O) groups is 1. The fourth-order valence-corrected chi connectivity index (χ4v) is 2.20. The van der Waals surface area contributed by atoms with Crippen LogP contribution in [0.25, 0.3) is 0 Å². The van der Waals surface area contributed by atoms with E-state index in [4.69, 9.17) is 0 Å². The highest BCUT2D eigenvalue weighted by Crippen LogP contribution is 2.18. The number of benzene rings is 1. The van der Waals surface area contributed by atoms with Gasteiger partial charge in [-0.1, -0.05) is 6.07 Å². The van der Waals surface area contributed by atoms with E-state index in [1.165, 1.54) is 6.07 Å². The summed E-state index contributed by atoms with van der Waals surface area (Å²) in [6.07, 6.45) is 3.34. The highest BCUT2D eigenvalue weighted by Gasteiger charge is 2.22. The van der Waals surface area contributed by atoms with Crippen molar-refractivity contribution in [2.24, 2.45) is 7.05 Å². The topological polar surface area (TPSA) is 59.0 Å². The van der Waals surface area contributed by atoms with Gasteiger partial charge in [0.25, 0.3) is 0 Å². The third-order valence-electron chi connectivity index (χ3n) is 3.41. The molecule has 118 valence electrons. The number of nitrogens with zero attached hydrogens (tertiary/aromatic N) is 2. The highest BCUT2D eigenvalue weighted by molar-refractivity contribution is 5.83. The molecule has 2 aromatic rings. The molecule has 1 heterocycles. The first kappa shape index (κ1) is 16.1. The average molecular weight is 308 g/mol. The van der Waals surface area contributed by atoms with E-state index in [0.29, 0.717) is 5.56 Å². The Morgan fingerprint density at radius 3 is 2.55 bits per heavy atom. The van der Waals surface area contributed by atoms with E-state index < -0.39 is 23.7 Å².